The zero-order valence-corrected chi connectivity index (χ0v) is 9.35. The van der Waals surface area contributed by atoms with Crippen molar-refractivity contribution in [2.45, 2.75) is 6.54 Å². The van der Waals surface area contributed by atoms with Gasteiger partial charge in [-0.1, -0.05) is 0 Å². The Kier molecular flexibility index (Phi) is 4.94. The summed E-state index contributed by atoms with van der Waals surface area (Å²) in [5.41, 5.74) is 0.424. The van der Waals surface area contributed by atoms with Crippen LogP contribution in [0.25, 0.3) is 0 Å². The summed E-state index contributed by atoms with van der Waals surface area (Å²) >= 11 is 4.89. The van der Waals surface area contributed by atoms with Crippen molar-refractivity contribution in [3.8, 4) is 5.75 Å². The van der Waals surface area contributed by atoms with E-state index in [1.807, 2.05) is 0 Å². The highest BCUT2D eigenvalue weighted by Crippen LogP contribution is 2.17. The van der Waals surface area contributed by atoms with E-state index in [1.165, 1.54) is 18.2 Å². The van der Waals surface area contributed by atoms with E-state index in [-0.39, 0.29) is 18.9 Å². The fraction of sp³-hybridized carbons (Fsp3) is 0.300. The van der Waals surface area contributed by atoms with Gasteiger partial charge >= 0.3 is 0 Å². The molecule has 0 fully saturated rings. The van der Waals surface area contributed by atoms with Crippen molar-refractivity contribution in [2.24, 2.45) is 0 Å². The lowest BCUT2D eigenvalue weighted by atomic mass is 10.2. The molecule has 0 spiro atoms. The number of benzene rings is 1. The van der Waals surface area contributed by atoms with Crippen LogP contribution in [0.1, 0.15) is 5.56 Å². The molecule has 0 heterocycles. The van der Waals surface area contributed by atoms with E-state index >= 15 is 0 Å². The van der Waals surface area contributed by atoms with Crippen LogP contribution in [0, 0.1) is 5.82 Å². The standard InChI is InChI=1S/C10H13FN2O2S/c11-8-1-2-9(15)7(5-8)6-13-10(16)12-3-4-14/h1-2,5,14-15H,3-4,6H2,(H2,12,13,16). The van der Waals surface area contributed by atoms with Crippen molar-refractivity contribution < 1.29 is 14.6 Å². The first-order valence-electron chi connectivity index (χ1n) is 4.73. The molecule has 0 aromatic heterocycles. The number of hydrogen-bond donors (Lipinski definition) is 4. The minimum Gasteiger partial charge on any atom is -0.508 e. The topological polar surface area (TPSA) is 64.5 Å². The third-order valence-electron chi connectivity index (χ3n) is 1.88. The molecule has 0 saturated heterocycles. The van der Waals surface area contributed by atoms with Gasteiger partial charge < -0.3 is 20.8 Å². The maximum Gasteiger partial charge on any atom is 0.166 e. The zero-order valence-electron chi connectivity index (χ0n) is 8.53. The number of aromatic hydroxyl groups is 1. The van der Waals surface area contributed by atoms with E-state index in [0.717, 1.165) is 0 Å². The number of thiocarbonyl (C=S) groups is 1. The minimum atomic E-state index is -0.413. The van der Waals surface area contributed by atoms with Gasteiger partial charge in [-0.05, 0) is 30.4 Å². The van der Waals surface area contributed by atoms with E-state index in [2.05, 4.69) is 10.6 Å². The highest BCUT2D eigenvalue weighted by Gasteiger charge is 2.03. The van der Waals surface area contributed by atoms with Gasteiger partial charge in [-0.2, -0.15) is 0 Å². The fourth-order valence-electron chi connectivity index (χ4n) is 1.10. The maximum atomic E-state index is 12.9. The first kappa shape index (κ1) is 12.7. The van der Waals surface area contributed by atoms with Gasteiger partial charge in [0.15, 0.2) is 5.11 Å². The summed E-state index contributed by atoms with van der Waals surface area (Å²) in [6, 6.07) is 3.70. The van der Waals surface area contributed by atoms with Crippen molar-refractivity contribution in [1.82, 2.24) is 10.6 Å². The summed E-state index contributed by atoms with van der Waals surface area (Å²) in [7, 11) is 0. The Balaban J connectivity index is 2.47. The molecule has 1 rings (SSSR count). The minimum absolute atomic E-state index is 0.0128. The predicted octanol–water partition coefficient (Wildman–Crippen LogP) is 0.488. The second kappa shape index (κ2) is 6.24. The molecule has 88 valence electrons. The van der Waals surface area contributed by atoms with Crippen LogP contribution >= 0.6 is 12.2 Å². The van der Waals surface area contributed by atoms with Gasteiger partial charge in [0.1, 0.15) is 11.6 Å². The average molecular weight is 244 g/mol. The van der Waals surface area contributed by atoms with Crippen LogP contribution in [-0.2, 0) is 6.54 Å². The Labute approximate surface area is 98.1 Å². The Morgan fingerprint density at radius 3 is 2.81 bits per heavy atom. The van der Waals surface area contributed by atoms with Crippen molar-refractivity contribution in [3.63, 3.8) is 0 Å². The largest absolute Gasteiger partial charge is 0.508 e. The summed E-state index contributed by atoms with van der Waals surface area (Å²) < 4.78 is 12.9. The van der Waals surface area contributed by atoms with Gasteiger partial charge in [0.05, 0.1) is 6.61 Å². The average Bonchev–Trinajstić information content (AvgIpc) is 2.27. The van der Waals surface area contributed by atoms with Crippen LogP contribution in [0.4, 0.5) is 4.39 Å². The van der Waals surface area contributed by atoms with Crippen LogP contribution in [0.2, 0.25) is 0 Å². The molecule has 0 radical (unpaired) electrons. The number of aliphatic hydroxyl groups excluding tert-OH is 1. The van der Waals surface area contributed by atoms with E-state index in [0.29, 0.717) is 17.2 Å². The third-order valence-corrected chi connectivity index (χ3v) is 2.17. The molecule has 0 bridgehead atoms. The summed E-state index contributed by atoms with van der Waals surface area (Å²) in [4.78, 5) is 0. The Morgan fingerprint density at radius 2 is 2.12 bits per heavy atom. The molecule has 0 amide bonds. The van der Waals surface area contributed by atoms with Crippen molar-refractivity contribution >= 4 is 17.3 Å². The SMILES string of the molecule is OCCNC(=S)NCc1cc(F)ccc1O. The van der Waals surface area contributed by atoms with Gasteiger partial charge in [0, 0.05) is 18.7 Å². The monoisotopic (exact) mass is 244 g/mol. The van der Waals surface area contributed by atoms with Crippen LogP contribution < -0.4 is 10.6 Å². The number of halogens is 1. The van der Waals surface area contributed by atoms with Gasteiger partial charge in [-0.15, -0.1) is 0 Å². The predicted molar refractivity (Wildman–Crippen MR) is 62.6 cm³/mol. The second-order valence-electron chi connectivity index (χ2n) is 3.11. The first-order chi connectivity index (χ1) is 7.63. The van der Waals surface area contributed by atoms with Crippen LogP contribution in [0.5, 0.6) is 5.75 Å². The quantitative estimate of drug-likeness (QED) is 0.581. The molecule has 0 aliphatic rings. The highest BCUT2D eigenvalue weighted by atomic mass is 32.1. The smallest absolute Gasteiger partial charge is 0.166 e. The summed E-state index contributed by atoms with van der Waals surface area (Å²) in [5, 5.41) is 23.8. The molecule has 0 unspecified atom stereocenters. The Hall–Kier alpha value is -1.40. The molecule has 16 heavy (non-hydrogen) atoms. The lowest BCUT2D eigenvalue weighted by Crippen LogP contribution is -2.36. The number of phenols is 1. The van der Waals surface area contributed by atoms with E-state index in [1.54, 1.807) is 0 Å². The number of nitrogens with one attached hydrogen (secondary N) is 2. The molecular formula is C10H13FN2O2S. The van der Waals surface area contributed by atoms with E-state index in [9.17, 15) is 9.50 Å². The number of rotatable bonds is 4. The van der Waals surface area contributed by atoms with Gasteiger partial charge in [-0.3, -0.25) is 0 Å². The lowest BCUT2D eigenvalue weighted by molar-refractivity contribution is 0.300. The van der Waals surface area contributed by atoms with Crippen molar-refractivity contribution in [3.05, 3.63) is 29.6 Å². The third kappa shape index (κ3) is 4.00. The summed E-state index contributed by atoms with van der Waals surface area (Å²) in [5.74, 6) is -0.400. The number of hydrogen-bond acceptors (Lipinski definition) is 3. The molecule has 0 atom stereocenters. The molecule has 4 N–H and O–H groups in total. The highest BCUT2D eigenvalue weighted by molar-refractivity contribution is 7.80. The van der Waals surface area contributed by atoms with Crippen molar-refractivity contribution in [2.75, 3.05) is 13.2 Å². The number of aliphatic hydroxyl groups is 1. The first-order valence-corrected chi connectivity index (χ1v) is 5.14. The molecule has 1 aromatic rings. The van der Waals surface area contributed by atoms with Gasteiger partial charge in [-0.25, -0.2) is 4.39 Å². The maximum absolute atomic E-state index is 12.9. The van der Waals surface area contributed by atoms with Gasteiger partial charge in [0.25, 0.3) is 0 Å². The van der Waals surface area contributed by atoms with E-state index < -0.39 is 5.82 Å². The molecule has 0 aliphatic heterocycles. The summed E-state index contributed by atoms with van der Waals surface area (Å²) in [6.07, 6.45) is 0. The molecule has 0 aliphatic carbocycles. The zero-order chi connectivity index (χ0) is 12.0. The molecule has 1 aromatic carbocycles. The Bertz CT molecular complexity index is 374. The van der Waals surface area contributed by atoms with E-state index in [4.69, 9.17) is 17.3 Å². The Morgan fingerprint density at radius 1 is 1.38 bits per heavy atom. The molecule has 0 saturated carbocycles. The molecule has 6 heteroatoms. The fourth-order valence-corrected chi connectivity index (χ4v) is 1.28. The van der Waals surface area contributed by atoms with Crippen LogP contribution in [-0.4, -0.2) is 28.5 Å². The lowest BCUT2D eigenvalue weighted by Gasteiger charge is -2.10. The molecule has 4 nitrogen and oxygen atoms in total. The normalized spacial score (nSPS) is 9.88. The van der Waals surface area contributed by atoms with Crippen molar-refractivity contribution in [1.29, 1.82) is 0 Å². The van der Waals surface area contributed by atoms with Crippen LogP contribution in [0.15, 0.2) is 18.2 Å². The van der Waals surface area contributed by atoms with Gasteiger partial charge in [0.2, 0.25) is 0 Å². The van der Waals surface area contributed by atoms with Crippen LogP contribution in [0.3, 0.4) is 0 Å². The second-order valence-corrected chi connectivity index (χ2v) is 3.51. The number of phenolic OH excluding ortho intramolecular Hbond substituents is 1. The molecular weight excluding hydrogens is 231 g/mol. The summed E-state index contributed by atoms with van der Waals surface area (Å²) in [6.45, 7) is 0.550.